The van der Waals surface area contributed by atoms with Gasteiger partial charge in [0, 0.05) is 0 Å². The van der Waals surface area contributed by atoms with Crippen molar-refractivity contribution in [2.24, 2.45) is 0 Å². The minimum Gasteiger partial charge on any atom is -0.504 e. The minimum atomic E-state index is -0.454. The first kappa shape index (κ1) is 19.9. The van der Waals surface area contributed by atoms with Gasteiger partial charge >= 0.3 is 0 Å². The fourth-order valence-electron chi connectivity index (χ4n) is 2.45. The maximum Gasteiger partial charge on any atom is 0.247 e. The molecular weight excluding hydrogens is 377 g/mol. The molecule has 2 N–H and O–H groups in total. The molecule has 0 aromatic heterocycles. The molecule has 0 aliphatic carbocycles. The van der Waals surface area contributed by atoms with Gasteiger partial charge < -0.3 is 19.9 Å². The van der Waals surface area contributed by atoms with E-state index in [1.807, 2.05) is 18.2 Å². The van der Waals surface area contributed by atoms with Gasteiger partial charge in [-0.15, -0.1) is 0 Å². The molecule has 0 bridgehead atoms. The number of benzene rings is 2. The molecule has 0 spiro atoms. The Morgan fingerprint density at radius 2 is 1.85 bits per heavy atom. The van der Waals surface area contributed by atoms with Crippen molar-refractivity contribution in [2.75, 3.05) is 19.5 Å². The van der Waals surface area contributed by atoms with Gasteiger partial charge in [0.25, 0.3) is 0 Å². The summed E-state index contributed by atoms with van der Waals surface area (Å²) in [4.78, 5) is 11.5. The Morgan fingerprint density at radius 1 is 1.15 bits per heavy atom. The van der Waals surface area contributed by atoms with Crippen LogP contribution in [0.4, 0.5) is 5.69 Å². The first-order chi connectivity index (χ1) is 12.4. The van der Waals surface area contributed by atoms with Gasteiger partial charge in [-0.05, 0) is 48.2 Å². The van der Waals surface area contributed by atoms with Crippen molar-refractivity contribution in [1.82, 2.24) is 0 Å². The monoisotopic (exact) mass is 395 g/mol. The number of hydrogen-bond acceptors (Lipinski definition) is 4. The molecule has 1 amide bonds. The first-order valence-electron chi connectivity index (χ1n) is 7.75. The molecule has 138 valence electrons. The Bertz CT molecular complexity index is 837. The number of aryl methyl sites for hydroxylation is 2. The average Bonchev–Trinajstić information content (AvgIpc) is 2.66. The summed E-state index contributed by atoms with van der Waals surface area (Å²) in [6.07, 6.45) is 2.30. The summed E-state index contributed by atoms with van der Waals surface area (Å²) < 4.78 is 10.5. The lowest BCUT2D eigenvalue weighted by molar-refractivity contribution is -0.111. The molecule has 2 aromatic rings. The molecule has 0 unspecified atom stereocenters. The number of ether oxygens (including phenoxy) is 2. The molecule has 0 saturated heterocycles. The largest absolute Gasteiger partial charge is 0.504 e. The van der Waals surface area contributed by atoms with Crippen LogP contribution in [0.1, 0.15) is 11.1 Å². The number of amides is 1. The lowest BCUT2D eigenvalue weighted by atomic mass is 10.0. The van der Waals surface area contributed by atoms with Crippen LogP contribution in [-0.2, 0) is 17.6 Å². The molecule has 0 atom stereocenters. The van der Waals surface area contributed by atoms with E-state index in [0.29, 0.717) is 29.9 Å². The van der Waals surface area contributed by atoms with Crippen molar-refractivity contribution in [2.45, 2.75) is 12.8 Å². The first-order valence-corrected chi connectivity index (χ1v) is 8.51. The summed E-state index contributed by atoms with van der Waals surface area (Å²) in [5.41, 5.74) is 1.90. The molecule has 26 heavy (non-hydrogen) atoms. The van der Waals surface area contributed by atoms with Crippen LogP contribution in [0.25, 0.3) is 0 Å². The second-order valence-electron chi connectivity index (χ2n) is 5.44. The van der Waals surface area contributed by atoms with Crippen LogP contribution in [-0.4, -0.2) is 25.2 Å². The van der Waals surface area contributed by atoms with Crippen LogP contribution >= 0.6 is 23.2 Å². The van der Waals surface area contributed by atoms with Gasteiger partial charge in [-0.25, -0.2) is 0 Å². The van der Waals surface area contributed by atoms with Crippen molar-refractivity contribution < 1.29 is 19.4 Å². The molecule has 2 aromatic carbocycles. The van der Waals surface area contributed by atoms with E-state index in [0.717, 1.165) is 11.6 Å². The zero-order valence-electron chi connectivity index (χ0n) is 14.4. The van der Waals surface area contributed by atoms with Gasteiger partial charge in [-0.3, -0.25) is 4.79 Å². The third-order valence-electron chi connectivity index (χ3n) is 3.83. The highest BCUT2D eigenvalue weighted by Gasteiger charge is 2.16. The van der Waals surface area contributed by atoms with Gasteiger partial charge in [0.05, 0.1) is 24.9 Å². The van der Waals surface area contributed by atoms with Crippen molar-refractivity contribution in [1.29, 1.82) is 0 Å². The number of phenolic OH excluding ortho intramolecular Hbond substituents is 1. The lowest BCUT2D eigenvalue weighted by Crippen LogP contribution is -2.08. The molecule has 0 radical (unpaired) electrons. The van der Waals surface area contributed by atoms with Crippen LogP contribution in [0, 0.1) is 0 Å². The normalized spacial score (nSPS) is 10.3. The quantitative estimate of drug-likeness (QED) is 0.529. The van der Waals surface area contributed by atoms with Crippen LogP contribution < -0.4 is 14.8 Å². The second kappa shape index (κ2) is 8.83. The Morgan fingerprint density at radius 3 is 2.46 bits per heavy atom. The van der Waals surface area contributed by atoms with E-state index in [9.17, 15) is 9.90 Å². The molecule has 2 rings (SSSR count). The number of methoxy groups -OCH3 is 2. The van der Waals surface area contributed by atoms with Gasteiger partial charge in [-0.1, -0.05) is 35.8 Å². The molecule has 0 aliphatic heterocycles. The third kappa shape index (κ3) is 4.42. The number of carbonyl (C=O) groups excluding carboxylic acids is 1. The number of nitrogens with one attached hydrogen (secondary N) is 1. The van der Waals surface area contributed by atoms with Crippen molar-refractivity contribution in [3.05, 3.63) is 58.1 Å². The van der Waals surface area contributed by atoms with E-state index in [1.165, 1.54) is 0 Å². The summed E-state index contributed by atoms with van der Waals surface area (Å²) in [6, 6.07) is 7.24. The van der Waals surface area contributed by atoms with Crippen LogP contribution in [0.5, 0.6) is 17.2 Å². The maximum absolute atomic E-state index is 11.5. The zero-order chi connectivity index (χ0) is 19.3. The van der Waals surface area contributed by atoms with E-state index in [1.54, 1.807) is 20.3 Å². The third-order valence-corrected chi connectivity index (χ3v) is 4.73. The summed E-state index contributed by atoms with van der Waals surface area (Å²) >= 11 is 12.3. The number of rotatable bonds is 7. The van der Waals surface area contributed by atoms with Gasteiger partial charge in [-0.2, -0.15) is 0 Å². The predicted molar refractivity (Wildman–Crippen MR) is 104 cm³/mol. The van der Waals surface area contributed by atoms with Crippen molar-refractivity contribution in [3.63, 3.8) is 0 Å². The predicted octanol–water partition coefficient (Wildman–Crippen LogP) is 4.63. The summed E-state index contributed by atoms with van der Waals surface area (Å²) in [5, 5.41) is 12.8. The topological polar surface area (TPSA) is 67.8 Å². The number of aromatic hydroxyl groups is 1. The molecule has 0 saturated carbocycles. The van der Waals surface area contributed by atoms with E-state index in [-0.39, 0.29) is 21.5 Å². The molecule has 5 nitrogen and oxygen atoms in total. The summed E-state index contributed by atoms with van der Waals surface area (Å²) in [5.74, 6) is 0.557. The van der Waals surface area contributed by atoms with Gasteiger partial charge in [0.2, 0.25) is 5.91 Å². The van der Waals surface area contributed by atoms with E-state index in [2.05, 4.69) is 11.9 Å². The van der Waals surface area contributed by atoms with Crippen LogP contribution in [0.2, 0.25) is 10.0 Å². The fourth-order valence-corrected chi connectivity index (χ4v) is 2.91. The summed E-state index contributed by atoms with van der Waals surface area (Å²) in [7, 11) is 3.15. The minimum absolute atomic E-state index is 0.00385. The Kier molecular flexibility index (Phi) is 6.77. The number of anilines is 1. The Balaban J connectivity index is 2.26. The Labute approximate surface area is 162 Å². The standard InChI is InChI=1S/C19H19Cl2NO4/c1-4-16(23)22-13-10-12(17(20)18(21)19(13)24)7-5-11-6-8-14(25-2)15(9-11)26-3/h4,6,8-10,24H,1,5,7H2,2-3H3,(H,22,23). The molecule has 7 heteroatoms. The molecular formula is C19H19Cl2NO4. The van der Waals surface area contributed by atoms with E-state index < -0.39 is 5.91 Å². The highest BCUT2D eigenvalue weighted by molar-refractivity contribution is 6.43. The average molecular weight is 396 g/mol. The van der Waals surface area contributed by atoms with E-state index in [4.69, 9.17) is 32.7 Å². The van der Waals surface area contributed by atoms with Crippen LogP contribution in [0.3, 0.4) is 0 Å². The summed E-state index contributed by atoms with van der Waals surface area (Å²) in [6.45, 7) is 3.38. The maximum atomic E-state index is 11.5. The van der Waals surface area contributed by atoms with Crippen LogP contribution in [0.15, 0.2) is 36.9 Å². The molecule has 0 heterocycles. The smallest absolute Gasteiger partial charge is 0.247 e. The van der Waals surface area contributed by atoms with Gasteiger partial charge in [0.15, 0.2) is 17.2 Å². The number of carbonyl (C=O) groups is 1. The molecule has 0 fully saturated rings. The van der Waals surface area contributed by atoms with Crippen molar-refractivity contribution in [3.8, 4) is 17.2 Å². The highest BCUT2D eigenvalue weighted by Crippen LogP contribution is 2.40. The SMILES string of the molecule is C=CC(=O)Nc1cc(CCc2ccc(OC)c(OC)c2)c(Cl)c(Cl)c1O. The fraction of sp³-hybridized carbons (Fsp3) is 0.211. The highest BCUT2D eigenvalue weighted by atomic mass is 35.5. The lowest BCUT2D eigenvalue weighted by Gasteiger charge is -2.13. The number of hydrogen-bond donors (Lipinski definition) is 2. The number of halogens is 2. The zero-order valence-corrected chi connectivity index (χ0v) is 15.9. The Hall–Kier alpha value is -2.37. The number of phenols is 1. The second-order valence-corrected chi connectivity index (χ2v) is 6.20. The van der Waals surface area contributed by atoms with Crippen molar-refractivity contribution >= 4 is 34.8 Å². The van der Waals surface area contributed by atoms with Gasteiger partial charge in [0.1, 0.15) is 5.02 Å². The van der Waals surface area contributed by atoms with E-state index >= 15 is 0 Å². The molecule has 0 aliphatic rings.